The lowest BCUT2D eigenvalue weighted by molar-refractivity contribution is 0.132. The first-order valence-electron chi connectivity index (χ1n) is 9.84. The van der Waals surface area contributed by atoms with Gasteiger partial charge in [-0.3, -0.25) is 4.90 Å². The van der Waals surface area contributed by atoms with Crippen molar-refractivity contribution in [2.24, 2.45) is 5.73 Å². The number of primary amides is 1. The number of carbonyl (C=O) groups excluding carboxylic acids is 1. The number of aromatic nitrogens is 2. The van der Waals surface area contributed by atoms with E-state index >= 15 is 0 Å². The second-order valence-corrected chi connectivity index (χ2v) is 8.78. The van der Waals surface area contributed by atoms with Gasteiger partial charge in [0.1, 0.15) is 17.1 Å². The molecular weight excluding hydrogens is 402 g/mol. The lowest BCUT2D eigenvalue weighted by atomic mass is 10.2. The van der Waals surface area contributed by atoms with Gasteiger partial charge in [0.25, 0.3) is 5.19 Å². The Morgan fingerprint density at radius 2 is 2.20 bits per heavy atom. The number of hydrogen-bond donors (Lipinski definition) is 1. The third kappa shape index (κ3) is 2.98. The minimum Gasteiger partial charge on any atom is -0.460 e. The SMILES string of the molecule is NC(=O)N1CC2CC1CN2Cc1cc2ccc(Oc3nc4ncccc4s3)cc2o1. The van der Waals surface area contributed by atoms with Crippen molar-refractivity contribution < 1.29 is 13.9 Å². The van der Waals surface area contributed by atoms with Crippen molar-refractivity contribution in [2.45, 2.75) is 25.0 Å². The van der Waals surface area contributed by atoms with Gasteiger partial charge in [0.15, 0.2) is 5.65 Å². The molecule has 0 spiro atoms. The number of furan rings is 1. The van der Waals surface area contributed by atoms with Gasteiger partial charge >= 0.3 is 6.03 Å². The molecule has 2 unspecified atom stereocenters. The highest BCUT2D eigenvalue weighted by atomic mass is 32.1. The maximum atomic E-state index is 11.5. The summed E-state index contributed by atoms with van der Waals surface area (Å²) in [5, 5.41) is 1.59. The molecule has 2 aliphatic heterocycles. The first-order chi connectivity index (χ1) is 14.6. The minimum atomic E-state index is -0.317. The molecule has 2 fully saturated rings. The zero-order chi connectivity index (χ0) is 20.2. The third-order valence-electron chi connectivity index (χ3n) is 5.89. The largest absolute Gasteiger partial charge is 0.460 e. The molecule has 6 rings (SSSR count). The third-order valence-corrected chi connectivity index (χ3v) is 6.78. The van der Waals surface area contributed by atoms with E-state index in [2.05, 4.69) is 20.9 Å². The van der Waals surface area contributed by atoms with Crippen LogP contribution in [-0.4, -0.2) is 51.0 Å². The van der Waals surface area contributed by atoms with Crippen LogP contribution in [-0.2, 0) is 6.54 Å². The molecule has 0 aliphatic carbocycles. The molecule has 30 heavy (non-hydrogen) atoms. The van der Waals surface area contributed by atoms with Crippen LogP contribution in [0, 0.1) is 0 Å². The molecule has 0 radical (unpaired) electrons. The molecule has 1 aromatic carbocycles. The van der Waals surface area contributed by atoms with Crippen molar-refractivity contribution in [3.05, 3.63) is 48.4 Å². The number of benzene rings is 1. The van der Waals surface area contributed by atoms with Crippen molar-refractivity contribution >= 4 is 38.7 Å². The maximum Gasteiger partial charge on any atom is 0.315 e. The highest BCUT2D eigenvalue weighted by Crippen LogP contribution is 2.34. The molecule has 5 heterocycles. The molecule has 0 saturated carbocycles. The quantitative estimate of drug-likeness (QED) is 0.541. The van der Waals surface area contributed by atoms with Crippen LogP contribution in [0.1, 0.15) is 12.2 Å². The van der Waals surface area contributed by atoms with E-state index in [1.165, 1.54) is 11.3 Å². The smallest absolute Gasteiger partial charge is 0.315 e. The summed E-state index contributed by atoms with van der Waals surface area (Å²) < 4.78 is 13.0. The number of nitrogens with zero attached hydrogens (tertiary/aromatic N) is 4. The lowest BCUT2D eigenvalue weighted by Crippen LogP contribution is -2.50. The number of hydrogen-bond acceptors (Lipinski definition) is 7. The van der Waals surface area contributed by atoms with E-state index in [1.807, 2.05) is 30.3 Å². The van der Waals surface area contributed by atoms with Gasteiger partial charge in [0, 0.05) is 42.8 Å². The van der Waals surface area contributed by atoms with Crippen LogP contribution in [0.5, 0.6) is 10.9 Å². The van der Waals surface area contributed by atoms with Gasteiger partial charge in [-0.1, -0.05) is 11.3 Å². The van der Waals surface area contributed by atoms with Crippen LogP contribution < -0.4 is 10.5 Å². The summed E-state index contributed by atoms with van der Waals surface area (Å²) in [6, 6.07) is 12.0. The average molecular weight is 421 g/mol. The number of piperazine rings is 1. The summed E-state index contributed by atoms with van der Waals surface area (Å²) in [7, 11) is 0. The summed E-state index contributed by atoms with van der Waals surface area (Å²) >= 11 is 1.46. The van der Waals surface area contributed by atoms with Crippen LogP contribution in [0.3, 0.4) is 0 Å². The molecule has 2 aliphatic rings. The Balaban J connectivity index is 1.19. The van der Waals surface area contributed by atoms with Crippen molar-refractivity contribution in [3.8, 4) is 10.9 Å². The second-order valence-electron chi connectivity index (χ2n) is 7.78. The first kappa shape index (κ1) is 17.7. The van der Waals surface area contributed by atoms with E-state index in [0.29, 0.717) is 29.2 Å². The molecular formula is C21H19N5O3S. The molecule has 4 aromatic rings. The van der Waals surface area contributed by atoms with E-state index in [-0.39, 0.29) is 12.1 Å². The normalized spacial score (nSPS) is 21.1. The zero-order valence-electron chi connectivity index (χ0n) is 16.0. The van der Waals surface area contributed by atoms with E-state index in [9.17, 15) is 4.79 Å². The van der Waals surface area contributed by atoms with Crippen molar-refractivity contribution in [1.82, 2.24) is 19.8 Å². The Morgan fingerprint density at radius 3 is 3.00 bits per heavy atom. The summed E-state index contributed by atoms with van der Waals surface area (Å²) in [6.45, 7) is 2.27. The fourth-order valence-corrected chi connectivity index (χ4v) is 5.31. The average Bonchev–Trinajstić information content (AvgIpc) is 3.49. The monoisotopic (exact) mass is 421 g/mol. The Labute approximate surface area is 175 Å². The van der Waals surface area contributed by atoms with Gasteiger partial charge < -0.3 is 19.8 Å². The van der Waals surface area contributed by atoms with Crippen molar-refractivity contribution in [2.75, 3.05) is 13.1 Å². The zero-order valence-corrected chi connectivity index (χ0v) is 16.8. The van der Waals surface area contributed by atoms with Gasteiger partial charge in [-0.25, -0.2) is 9.78 Å². The van der Waals surface area contributed by atoms with Crippen LogP contribution in [0.25, 0.3) is 21.3 Å². The molecule has 3 aromatic heterocycles. The van der Waals surface area contributed by atoms with E-state index in [4.69, 9.17) is 14.9 Å². The molecule has 2 amide bonds. The van der Waals surface area contributed by atoms with Gasteiger partial charge in [-0.05, 0) is 36.8 Å². The predicted molar refractivity (Wildman–Crippen MR) is 113 cm³/mol. The number of urea groups is 1. The molecule has 8 nitrogen and oxygen atoms in total. The second kappa shape index (κ2) is 6.68. The number of rotatable bonds is 4. The summed E-state index contributed by atoms with van der Waals surface area (Å²) in [6.07, 6.45) is 2.71. The predicted octanol–water partition coefficient (Wildman–Crippen LogP) is 3.57. The number of pyridine rings is 1. The minimum absolute atomic E-state index is 0.222. The fourth-order valence-electron chi connectivity index (χ4n) is 4.51. The number of likely N-dealkylation sites (tertiary alicyclic amines) is 2. The molecule has 152 valence electrons. The number of thiazole rings is 1. The first-order valence-corrected chi connectivity index (χ1v) is 10.7. The topological polar surface area (TPSA) is 97.7 Å². The highest BCUT2D eigenvalue weighted by molar-refractivity contribution is 7.20. The summed E-state index contributed by atoms with van der Waals surface area (Å²) in [5.41, 5.74) is 6.93. The van der Waals surface area contributed by atoms with Gasteiger partial charge in [0.05, 0.1) is 11.2 Å². The lowest BCUT2D eigenvalue weighted by Gasteiger charge is -2.32. The van der Waals surface area contributed by atoms with E-state index < -0.39 is 0 Å². The Hall–Kier alpha value is -3.17. The number of ether oxygens (including phenoxy) is 1. The Kier molecular flexibility index (Phi) is 3.93. The van der Waals surface area contributed by atoms with Gasteiger partial charge in [-0.2, -0.15) is 4.98 Å². The number of carbonyl (C=O) groups is 1. The van der Waals surface area contributed by atoms with Gasteiger partial charge in [0.2, 0.25) is 0 Å². The number of amides is 2. The van der Waals surface area contributed by atoms with Crippen LogP contribution in [0.2, 0.25) is 0 Å². The standard InChI is InChI=1S/C21H19N5O3S/c22-20(27)26-10-13-7-14(26)9-25(13)11-16-6-12-3-4-15(8-17(12)28-16)29-21-24-19-18(30-21)2-1-5-23-19/h1-6,8,13-14H,7,9-11H2,(H2,22,27). The maximum absolute atomic E-state index is 11.5. The Bertz CT molecular complexity index is 1230. The van der Waals surface area contributed by atoms with E-state index in [1.54, 1.807) is 11.1 Å². The Morgan fingerprint density at radius 1 is 1.27 bits per heavy atom. The van der Waals surface area contributed by atoms with E-state index in [0.717, 1.165) is 40.9 Å². The molecule has 2 bridgehead atoms. The number of nitrogens with two attached hydrogens (primary N) is 1. The number of fused-ring (bicyclic) bond motifs is 4. The summed E-state index contributed by atoms with van der Waals surface area (Å²) in [4.78, 5) is 24.3. The van der Waals surface area contributed by atoms with Crippen molar-refractivity contribution in [1.29, 1.82) is 0 Å². The van der Waals surface area contributed by atoms with Crippen molar-refractivity contribution in [3.63, 3.8) is 0 Å². The van der Waals surface area contributed by atoms with Crippen LogP contribution in [0.15, 0.2) is 47.0 Å². The molecule has 2 saturated heterocycles. The highest BCUT2D eigenvalue weighted by Gasteiger charge is 2.44. The van der Waals surface area contributed by atoms with Gasteiger partial charge in [-0.15, -0.1) is 0 Å². The molecule has 2 N–H and O–H groups in total. The van der Waals surface area contributed by atoms with Crippen LogP contribution in [0.4, 0.5) is 4.79 Å². The molecule has 2 atom stereocenters. The van der Waals surface area contributed by atoms with Crippen LogP contribution >= 0.6 is 11.3 Å². The molecule has 9 heteroatoms. The summed E-state index contributed by atoms with van der Waals surface area (Å²) in [5.74, 6) is 1.59. The fraction of sp³-hybridized carbons (Fsp3) is 0.286.